The van der Waals surface area contributed by atoms with Crippen LogP contribution in [0.5, 0.6) is 11.5 Å². The van der Waals surface area contributed by atoms with E-state index in [0.29, 0.717) is 28.6 Å². The molecule has 5 nitrogen and oxygen atoms in total. The van der Waals surface area contributed by atoms with Crippen molar-refractivity contribution in [2.75, 3.05) is 13.2 Å². The lowest BCUT2D eigenvalue weighted by atomic mass is 10.2. The molecule has 26 heavy (non-hydrogen) atoms. The van der Waals surface area contributed by atoms with Gasteiger partial charge in [0, 0.05) is 29.3 Å². The highest BCUT2D eigenvalue weighted by Gasteiger charge is 2.16. The molecule has 0 fully saturated rings. The number of fused-ring (bicyclic) bond motifs is 2. The van der Waals surface area contributed by atoms with Crippen molar-refractivity contribution >= 4 is 39.1 Å². The summed E-state index contributed by atoms with van der Waals surface area (Å²) in [6, 6.07) is 10.8. The van der Waals surface area contributed by atoms with Crippen molar-refractivity contribution in [1.29, 1.82) is 0 Å². The highest BCUT2D eigenvalue weighted by molar-refractivity contribution is 7.16. The molecule has 0 bridgehead atoms. The summed E-state index contributed by atoms with van der Waals surface area (Å²) in [5.74, 6) is 1.17. The molecule has 2 aromatic carbocycles. The lowest BCUT2D eigenvalue weighted by molar-refractivity contribution is 0.0998. The molecule has 0 saturated heterocycles. The first kappa shape index (κ1) is 17.1. The average molecular weight is 389 g/mol. The number of nitrogens with zero attached hydrogens (tertiary/aromatic N) is 2. The molecule has 0 aliphatic carbocycles. The zero-order valence-electron chi connectivity index (χ0n) is 14.2. The van der Waals surface area contributed by atoms with Crippen molar-refractivity contribution in [1.82, 2.24) is 4.57 Å². The first-order chi connectivity index (χ1) is 12.7. The van der Waals surface area contributed by atoms with Crippen molar-refractivity contribution in [3.63, 3.8) is 0 Å². The van der Waals surface area contributed by atoms with Gasteiger partial charge in [0.25, 0.3) is 5.91 Å². The molecule has 1 aliphatic heterocycles. The van der Waals surface area contributed by atoms with E-state index in [0.717, 1.165) is 34.7 Å². The molecule has 3 aromatic rings. The normalized spacial score (nSPS) is 14.0. The van der Waals surface area contributed by atoms with Crippen LogP contribution in [0.25, 0.3) is 10.2 Å². The van der Waals surface area contributed by atoms with Crippen LogP contribution >= 0.6 is 22.9 Å². The maximum Gasteiger partial charge on any atom is 0.279 e. The van der Waals surface area contributed by atoms with Crippen molar-refractivity contribution in [2.45, 2.75) is 19.9 Å². The molecule has 0 atom stereocenters. The summed E-state index contributed by atoms with van der Waals surface area (Å²) in [7, 11) is 0. The van der Waals surface area contributed by atoms with Gasteiger partial charge in [0.1, 0.15) is 13.2 Å². The Morgan fingerprint density at radius 3 is 2.73 bits per heavy atom. The van der Waals surface area contributed by atoms with Crippen molar-refractivity contribution < 1.29 is 14.3 Å². The minimum absolute atomic E-state index is 0.304. The molecule has 7 heteroatoms. The van der Waals surface area contributed by atoms with Gasteiger partial charge in [-0.3, -0.25) is 4.79 Å². The van der Waals surface area contributed by atoms with E-state index in [1.807, 2.05) is 12.1 Å². The Morgan fingerprint density at radius 1 is 1.23 bits per heavy atom. The lowest BCUT2D eigenvalue weighted by Crippen LogP contribution is -2.17. The molecule has 0 radical (unpaired) electrons. The van der Waals surface area contributed by atoms with Gasteiger partial charge in [0.2, 0.25) is 0 Å². The third-order valence-electron chi connectivity index (χ3n) is 4.06. The number of aromatic nitrogens is 1. The summed E-state index contributed by atoms with van der Waals surface area (Å²) in [6.07, 6.45) is 0.929. The van der Waals surface area contributed by atoms with Crippen LogP contribution < -0.4 is 14.3 Å². The van der Waals surface area contributed by atoms with Gasteiger partial charge in [-0.1, -0.05) is 35.9 Å². The molecule has 4 rings (SSSR count). The number of amides is 1. The van der Waals surface area contributed by atoms with Crippen molar-refractivity contribution in [2.24, 2.45) is 4.99 Å². The van der Waals surface area contributed by atoms with Crippen LogP contribution in [0.2, 0.25) is 5.02 Å². The van der Waals surface area contributed by atoms with E-state index >= 15 is 0 Å². The van der Waals surface area contributed by atoms with Crippen LogP contribution in [0, 0.1) is 0 Å². The molecule has 1 amide bonds. The number of hydrogen-bond acceptors (Lipinski definition) is 4. The Hall–Kier alpha value is -2.31. The molecule has 1 aliphatic rings. The van der Waals surface area contributed by atoms with Crippen LogP contribution in [0.4, 0.5) is 0 Å². The van der Waals surface area contributed by atoms with Gasteiger partial charge in [-0.15, -0.1) is 0 Å². The van der Waals surface area contributed by atoms with Crippen LogP contribution in [0.3, 0.4) is 0 Å². The zero-order valence-corrected chi connectivity index (χ0v) is 15.8. The van der Waals surface area contributed by atoms with Crippen LogP contribution in [-0.2, 0) is 6.54 Å². The van der Waals surface area contributed by atoms with Crippen molar-refractivity contribution in [3.05, 3.63) is 51.8 Å². The summed E-state index contributed by atoms with van der Waals surface area (Å²) in [6.45, 7) is 3.95. The van der Waals surface area contributed by atoms with Crippen molar-refractivity contribution in [3.8, 4) is 11.5 Å². The smallest absolute Gasteiger partial charge is 0.279 e. The number of benzene rings is 2. The molecule has 1 aromatic heterocycles. The minimum atomic E-state index is -0.304. The third kappa shape index (κ3) is 3.22. The molecular formula is C19H17ClN2O3S. The fourth-order valence-electron chi connectivity index (χ4n) is 2.90. The van der Waals surface area contributed by atoms with Crippen LogP contribution in [0.15, 0.2) is 41.4 Å². The second-order valence-corrected chi connectivity index (χ2v) is 7.37. The van der Waals surface area contributed by atoms with Gasteiger partial charge in [-0.25, -0.2) is 0 Å². The number of aryl methyl sites for hydroxylation is 1. The second kappa shape index (κ2) is 7.13. The Bertz CT molecular complexity index is 1050. The fraction of sp³-hybridized carbons (Fsp3) is 0.263. The summed E-state index contributed by atoms with van der Waals surface area (Å²) in [4.78, 5) is 17.6. The zero-order chi connectivity index (χ0) is 18.1. The molecular weight excluding hydrogens is 372 g/mol. The van der Waals surface area contributed by atoms with Gasteiger partial charge in [0.15, 0.2) is 16.3 Å². The van der Waals surface area contributed by atoms with Gasteiger partial charge >= 0.3 is 0 Å². The standard InChI is InChI=1S/C19H17ClN2O3S/c1-2-6-22-14-10-15-16(25-8-7-24-15)11-17(14)26-19(22)21-18(23)12-4-3-5-13(20)9-12/h3-5,9-11H,2,6-8H2,1H3. The fourth-order valence-corrected chi connectivity index (χ4v) is 4.16. The summed E-state index contributed by atoms with van der Waals surface area (Å²) in [5, 5.41) is 0.519. The number of carbonyl (C=O) groups excluding carboxylic acids is 1. The maximum absolute atomic E-state index is 12.6. The van der Waals surface area contributed by atoms with E-state index in [9.17, 15) is 4.79 Å². The Kier molecular flexibility index (Phi) is 4.70. The first-order valence-corrected chi connectivity index (χ1v) is 9.63. The Balaban J connectivity index is 1.85. The number of halogens is 1. The molecule has 0 N–H and O–H groups in total. The summed E-state index contributed by atoms with van der Waals surface area (Å²) in [5.41, 5.74) is 1.47. The van der Waals surface area contributed by atoms with Crippen LogP contribution in [0.1, 0.15) is 23.7 Å². The number of carbonyl (C=O) groups is 1. The van der Waals surface area contributed by atoms with E-state index < -0.39 is 0 Å². The van der Waals surface area contributed by atoms with E-state index in [1.54, 1.807) is 24.3 Å². The average Bonchev–Trinajstić information content (AvgIpc) is 2.96. The molecule has 0 spiro atoms. The van der Waals surface area contributed by atoms with Gasteiger partial charge in [0.05, 0.1) is 10.2 Å². The molecule has 134 valence electrons. The summed E-state index contributed by atoms with van der Waals surface area (Å²) < 4.78 is 14.4. The van der Waals surface area contributed by atoms with E-state index in [-0.39, 0.29) is 5.91 Å². The second-order valence-electron chi connectivity index (χ2n) is 5.93. The number of hydrogen-bond donors (Lipinski definition) is 0. The molecule has 0 unspecified atom stereocenters. The monoisotopic (exact) mass is 388 g/mol. The predicted octanol–water partition coefficient (Wildman–Crippen LogP) is 4.28. The van der Waals surface area contributed by atoms with Gasteiger partial charge in [-0.2, -0.15) is 4.99 Å². The molecule has 2 heterocycles. The van der Waals surface area contributed by atoms with Crippen LogP contribution in [-0.4, -0.2) is 23.7 Å². The topological polar surface area (TPSA) is 52.8 Å². The highest BCUT2D eigenvalue weighted by Crippen LogP contribution is 2.35. The molecule has 0 saturated carbocycles. The highest BCUT2D eigenvalue weighted by atomic mass is 35.5. The van der Waals surface area contributed by atoms with E-state index in [1.165, 1.54) is 11.3 Å². The predicted molar refractivity (Wildman–Crippen MR) is 102 cm³/mol. The number of rotatable bonds is 3. The maximum atomic E-state index is 12.6. The van der Waals surface area contributed by atoms with E-state index in [4.69, 9.17) is 21.1 Å². The quantitative estimate of drug-likeness (QED) is 0.673. The Labute approximate surface area is 159 Å². The third-order valence-corrected chi connectivity index (χ3v) is 5.34. The summed E-state index contributed by atoms with van der Waals surface area (Å²) >= 11 is 7.46. The van der Waals surface area contributed by atoms with Gasteiger partial charge < -0.3 is 14.0 Å². The van der Waals surface area contributed by atoms with Gasteiger partial charge in [-0.05, 0) is 24.6 Å². The SMILES string of the molecule is CCCn1c(=NC(=O)c2cccc(Cl)c2)sc2cc3c(cc21)OCCO3. The number of ether oxygens (including phenoxy) is 2. The minimum Gasteiger partial charge on any atom is -0.486 e. The lowest BCUT2D eigenvalue weighted by Gasteiger charge is -2.18. The van der Waals surface area contributed by atoms with E-state index in [2.05, 4.69) is 16.5 Å². The Morgan fingerprint density at radius 2 is 2.00 bits per heavy atom. The first-order valence-electron chi connectivity index (χ1n) is 8.43. The largest absolute Gasteiger partial charge is 0.486 e. The number of thiazole rings is 1.